The van der Waals surface area contributed by atoms with Gasteiger partial charge in [0.05, 0.1) is 18.8 Å². The van der Waals surface area contributed by atoms with Crippen molar-refractivity contribution in [3.8, 4) is 0 Å². The highest BCUT2D eigenvalue weighted by Gasteiger charge is 2.18. The van der Waals surface area contributed by atoms with Crippen LogP contribution in [0.2, 0.25) is 0 Å². The van der Waals surface area contributed by atoms with Crippen LogP contribution in [0.1, 0.15) is 39.6 Å². The van der Waals surface area contributed by atoms with E-state index < -0.39 is 11.9 Å². The molecule has 0 unspecified atom stereocenters. The molecule has 0 radical (unpaired) electrons. The van der Waals surface area contributed by atoms with E-state index in [9.17, 15) is 9.59 Å². The standard InChI is InChI=1S/C14H15NO4S/c1-4-18-13(16)10-6-8(3)15-12-9(10)7-11(20-12)14(17)19-5-2/h6-7H,4-5H2,1-3H3. The maximum Gasteiger partial charge on any atom is 0.348 e. The molecule has 0 aliphatic rings. The summed E-state index contributed by atoms with van der Waals surface area (Å²) in [6.45, 7) is 5.91. The third-order valence-corrected chi connectivity index (χ3v) is 3.61. The van der Waals surface area contributed by atoms with Crippen LogP contribution in [0, 0.1) is 6.92 Å². The Labute approximate surface area is 120 Å². The monoisotopic (exact) mass is 293 g/mol. The molecule has 5 nitrogen and oxygen atoms in total. The molecule has 6 heteroatoms. The number of aromatic nitrogens is 1. The second-order valence-corrected chi connectivity index (χ2v) is 5.11. The smallest absolute Gasteiger partial charge is 0.348 e. The van der Waals surface area contributed by atoms with Gasteiger partial charge in [0.25, 0.3) is 0 Å². The molecular formula is C14H15NO4S. The Balaban J connectivity index is 2.52. The Hall–Kier alpha value is -1.95. The summed E-state index contributed by atoms with van der Waals surface area (Å²) in [5.41, 5.74) is 1.14. The molecule has 106 valence electrons. The average Bonchev–Trinajstić information content (AvgIpc) is 2.82. The van der Waals surface area contributed by atoms with Gasteiger partial charge < -0.3 is 9.47 Å². The number of esters is 2. The summed E-state index contributed by atoms with van der Waals surface area (Å²) >= 11 is 1.22. The third kappa shape index (κ3) is 2.80. The molecule has 0 spiro atoms. The van der Waals surface area contributed by atoms with E-state index in [1.54, 1.807) is 32.9 Å². The van der Waals surface area contributed by atoms with E-state index >= 15 is 0 Å². The van der Waals surface area contributed by atoms with Crippen LogP contribution in [0.15, 0.2) is 12.1 Å². The van der Waals surface area contributed by atoms with Crippen molar-refractivity contribution in [2.75, 3.05) is 13.2 Å². The van der Waals surface area contributed by atoms with Gasteiger partial charge in [-0.15, -0.1) is 11.3 Å². The number of hydrogen-bond acceptors (Lipinski definition) is 6. The van der Waals surface area contributed by atoms with Crippen molar-refractivity contribution in [1.29, 1.82) is 0 Å². The van der Waals surface area contributed by atoms with Gasteiger partial charge in [0, 0.05) is 11.1 Å². The lowest BCUT2D eigenvalue weighted by molar-refractivity contribution is 0.0519. The van der Waals surface area contributed by atoms with Crippen molar-refractivity contribution >= 4 is 33.5 Å². The predicted molar refractivity (Wildman–Crippen MR) is 76.3 cm³/mol. The molecule has 2 heterocycles. The van der Waals surface area contributed by atoms with Crippen LogP contribution in [-0.2, 0) is 9.47 Å². The molecular weight excluding hydrogens is 278 g/mol. The van der Waals surface area contributed by atoms with Crippen molar-refractivity contribution in [3.63, 3.8) is 0 Å². The van der Waals surface area contributed by atoms with Gasteiger partial charge in [-0.3, -0.25) is 0 Å². The fourth-order valence-corrected chi connectivity index (χ4v) is 2.81. The van der Waals surface area contributed by atoms with E-state index in [-0.39, 0.29) is 0 Å². The SMILES string of the molecule is CCOC(=O)c1cc2c(C(=O)OCC)cc(C)nc2s1. The topological polar surface area (TPSA) is 65.5 Å². The molecule has 0 atom stereocenters. The number of carbonyl (C=O) groups is 2. The molecule has 0 amide bonds. The summed E-state index contributed by atoms with van der Waals surface area (Å²) in [4.78, 5) is 29.1. The highest BCUT2D eigenvalue weighted by molar-refractivity contribution is 7.20. The Morgan fingerprint density at radius 2 is 1.80 bits per heavy atom. The maximum absolute atomic E-state index is 12.0. The van der Waals surface area contributed by atoms with Gasteiger partial charge in [-0.1, -0.05) is 0 Å². The van der Waals surface area contributed by atoms with Gasteiger partial charge in [-0.2, -0.15) is 0 Å². The number of rotatable bonds is 4. The zero-order valence-electron chi connectivity index (χ0n) is 11.6. The number of fused-ring (bicyclic) bond motifs is 1. The average molecular weight is 293 g/mol. The van der Waals surface area contributed by atoms with E-state index in [4.69, 9.17) is 9.47 Å². The lowest BCUT2D eigenvalue weighted by Gasteiger charge is -2.03. The lowest BCUT2D eigenvalue weighted by atomic mass is 10.1. The van der Waals surface area contributed by atoms with Crippen molar-refractivity contribution in [2.24, 2.45) is 0 Å². The molecule has 0 saturated heterocycles. The van der Waals surface area contributed by atoms with Crippen molar-refractivity contribution in [2.45, 2.75) is 20.8 Å². The van der Waals surface area contributed by atoms with Gasteiger partial charge in [-0.05, 0) is 32.9 Å². The van der Waals surface area contributed by atoms with Gasteiger partial charge in [0.2, 0.25) is 0 Å². The number of nitrogens with zero attached hydrogens (tertiary/aromatic N) is 1. The summed E-state index contributed by atoms with van der Waals surface area (Å²) in [6.07, 6.45) is 0. The molecule has 0 aromatic carbocycles. The quantitative estimate of drug-likeness (QED) is 0.811. The summed E-state index contributed by atoms with van der Waals surface area (Å²) in [5, 5.41) is 0.627. The molecule has 0 N–H and O–H groups in total. The normalized spacial score (nSPS) is 10.6. The van der Waals surface area contributed by atoms with Gasteiger partial charge in [0.1, 0.15) is 9.71 Å². The first-order valence-corrected chi connectivity index (χ1v) is 7.13. The van der Waals surface area contributed by atoms with E-state index in [0.29, 0.717) is 39.6 Å². The van der Waals surface area contributed by atoms with Crippen LogP contribution in [0.3, 0.4) is 0 Å². The molecule has 2 rings (SSSR count). The second kappa shape index (κ2) is 6.00. The minimum Gasteiger partial charge on any atom is -0.462 e. The summed E-state index contributed by atoms with van der Waals surface area (Å²) < 4.78 is 9.99. The predicted octanol–water partition coefficient (Wildman–Crippen LogP) is 2.96. The Morgan fingerprint density at radius 3 is 2.45 bits per heavy atom. The first-order chi connectivity index (χ1) is 9.56. The van der Waals surface area contributed by atoms with Crippen LogP contribution in [0.4, 0.5) is 0 Å². The molecule has 0 bridgehead atoms. The number of carbonyl (C=O) groups excluding carboxylic acids is 2. The number of aryl methyl sites for hydroxylation is 1. The van der Waals surface area contributed by atoms with Crippen molar-refractivity contribution < 1.29 is 19.1 Å². The molecule has 0 saturated carbocycles. The van der Waals surface area contributed by atoms with Gasteiger partial charge >= 0.3 is 11.9 Å². The molecule has 20 heavy (non-hydrogen) atoms. The number of hydrogen-bond donors (Lipinski definition) is 0. The van der Waals surface area contributed by atoms with Crippen LogP contribution < -0.4 is 0 Å². The summed E-state index contributed by atoms with van der Waals surface area (Å²) in [7, 11) is 0. The van der Waals surface area contributed by atoms with Crippen LogP contribution >= 0.6 is 11.3 Å². The summed E-state index contributed by atoms with van der Waals surface area (Å²) in [5.74, 6) is -0.806. The zero-order valence-corrected chi connectivity index (χ0v) is 12.4. The van der Waals surface area contributed by atoms with Crippen LogP contribution in [0.5, 0.6) is 0 Å². The summed E-state index contributed by atoms with van der Waals surface area (Å²) in [6, 6.07) is 3.30. The fraction of sp³-hybridized carbons (Fsp3) is 0.357. The number of pyridine rings is 1. The molecule has 0 aliphatic heterocycles. The minimum absolute atomic E-state index is 0.302. The lowest BCUT2D eigenvalue weighted by Crippen LogP contribution is -2.06. The third-order valence-electron chi connectivity index (χ3n) is 2.61. The minimum atomic E-state index is -0.406. The zero-order chi connectivity index (χ0) is 14.7. The van der Waals surface area contributed by atoms with Crippen LogP contribution in [0.25, 0.3) is 10.2 Å². The largest absolute Gasteiger partial charge is 0.462 e. The number of ether oxygens (including phenoxy) is 2. The first kappa shape index (κ1) is 14.5. The van der Waals surface area contributed by atoms with Crippen molar-refractivity contribution in [3.05, 3.63) is 28.3 Å². The van der Waals surface area contributed by atoms with Gasteiger partial charge in [0.15, 0.2) is 0 Å². The van der Waals surface area contributed by atoms with E-state index in [1.807, 2.05) is 0 Å². The highest BCUT2D eigenvalue weighted by atomic mass is 32.1. The maximum atomic E-state index is 12.0. The molecule has 2 aromatic rings. The van der Waals surface area contributed by atoms with E-state index in [1.165, 1.54) is 11.3 Å². The highest BCUT2D eigenvalue weighted by Crippen LogP contribution is 2.28. The first-order valence-electron chi connectivity index (χ1n) is 6.32. The van der Waals surface area contributed by atoms with Crippen LogP contribution in [-0.4, -0.2) is 30.1 Å². The van der Waals surface area contributed by atoms with Gasteiger partial charge in [-0.25, -0.2) is 14.6 Å². The van der Waals surface area contributed by atoms with E-state index in [2.05, 4.69) is 4.98 Å². The number of thiophene rings is 1. The molecule has 2 aromatic heterocycles. The second-order valence-electron chi connectivity index (χ2n) is 4.08. The molecule has 0 fully saturated rings. The molecule has 0 aliphatic carbocycles. The van der Waals surface area contributed by atoms with Crippen molar-refractivity contribution in [1.82, 2.24) is 4.98 Å². The Kier molecular flexibility index (Phi) is 4.34. The Bertz CT molecular complexity index is 662. The Morgan fingerprint density at radius 1 is 1.15 bits per heavy atom. The fourth-order valence-electron chi connectivity index (χ4n) is 1.82. The van der Waals surface area contributed by atoms with E-state index in [0.717, 1.165) is 0 Å².